The van der Waals surface area contributed by atoms with Crippen molar-refractivity contribution in [1.29, 1.82) is 0 Å². The lowest BCUT2D eigenvalue weighted by atomic mass is 9.82. The van der Waals surface area contributed by atoms with E-state index in [0.717, 1.165) is 16.7 Å². The molecule has 14 heavy (non-hydrogen) atoms. The zero-order chi connectivity index (χ0) is 10.8. The number of hydrogen-bond acceptors (Lipinski definition) is 4. The summed E-state index contributed by atoms with van der Waals surface area (Å²) in [5.74, 6) is 0.604. The molecule has 0 aliphatic rings. The van der Waals surface area contributed by atoms with E-state index in [-0.39, 0.29) is 0 Å². The SMILES string of the molecule is CC(CNc1ncc(N)s1)C(C)(C)C. The zero-order valence-corrected chi connectivity index (χ0v) is 10.1. The van der Waals surface area contributed by atoms with Crippen LogP contribution >= 0.6 is 11.3 Å². The average Bonchev–Trinajstić information content (AvgIpc) is 2.45. The fraction of sp³-hybridized carbons (Fsp3) is 0.700. The molecule has 0 amide bonds. The first kappa shape index (κ1) is 11.3. The number of hydrogen-bond donors (Lipinski definition) is 2. The highest BCUT2D eigenvalue weighted by molar-refractivity contribution is 7.19. The molecule has 3 N–H and O–H groups in total. The molecule has 0 radical (unpaired) electrons. The molecular formula is C10H19N3S. The second-order valence-electron chi connectivity index (χ2n) is 4.72. The Morgan fingerprint density at radius 3 is 2.64 bits per heavy atom. The van der Waals surface area contributed by atoms with Gasteiger partial charge in [-0.25, -0.2) is 4.98 Å². The Morgan fingerprint density at radius 2 is 2.21 bits per heavy atom. The first-order chi connectivity index (χ1) is 6.39. The number of rotatable bonds is 3. The molecule has 1 aromatic rings. The Labute approximate surface area is 89.7 Å². The molecule has 0 aliphatic heterocycles. The van der Waals surface area contributed by atoms with Crippen molar-refractivity contribution in [2.45, 2.75) is 27.7 Å². The Hall–Kier alpha value is -0.770. The Bertz CT molecular complexity index is 288. The van der Waals surface area contributed by atoms with Gasteiger partial charge >= 0.3 is 0 Å². The number of aromatic nitrogens is 1. The molecule has 1 rings (SSSR count). The number of anilines is 2. The molecule has 80 valence electrons. The summed E-state index contributed by atoms with van der Waals surface area (Å²) in [5, 5.41) is 4.97. The van der Waals surface area contributed by atoms with Gasteiger partial charge in [0.2, 0.25) is 0 Å². The Kier molecular flexibility index (Phi) is 3.37. The molecule has 1 atom stereocenters. The predicted octanol–water partition coefficient (Wildman–Crippen LogP) is 2.82. The van der Waals surface area contributed by atoms with Crippen molar-refractivity contribution < 1.29 is 0 Å². The van der Waals surface area contributed by atoms with Gasteiger partial charge in [-0.15, -0.1) is 0 Å². The zero-order valence-electron chi connectivity index (χ0n) is 9.29. The Morgan fingerprint density at radius 1 is 1.57 bits per heavy atom. The van der Waals surface area contributed by atoms with Crippen LogP contribution in [-0.4, -0.2) is 11.5 Å². The summed E-state index contributed by atoms with van der Waals surface area (Å²) >= 11 is 1.50. The smallest absolute Gasteiger partial charge is 0.184 e. The van der Waals surface area contributed by atoms with Crippen molar-refractivity contribution in [2.24, 2.45) is 11.3 Å². The van der Waals surface area contributed by atoms with Gasteiger partial charge in [0.1, 0.15) is 5.00 Å². The van der Waals surface area contributed by atoms with Crippen molar-refractivity contribution in [2.75, 3.05) is 17.6 Å². The van der Waals surface area contributed by atoms with Gasteiger partial charge < -0.3 is 11.1 Å². The van der Waals surface area contributed by atoms with Gasteiger partial charge in [-0.2, -0.15) is 0 Å². The van der Waals surface area contributed by atoms with Crippen LogP contribution in [0.1, 0.15) is 27.7 Å². The maximum atomic E-state index is 5.59. The molecule has 0 aliphatic carbocycles. The lowest BCUT2D eigenvalue weighted by Gasteiger charge is -2.27. The highest BCUT2D eigenvalue weighted by atomic mass is 32.1. The van der Waals surface area contributed by atoms with Gasteiger partial charge in [0.25, 0.3) is 0 Å². The summed E-state index contributed by atoms with van der Waals surface area (Å²) < 4.78 is 0. The van der Waals surface area contributed by atoms with Crippen LogP contribution in [0.2, 0.25) is 0 Å². The third-order valence-electron chi connectivity index (χ3n) is 2.56. The summed E-state index contributed by atoms with van der Waals surface area (Å²) in [6.45, 7) is 9.92. The first-order valence-electron chi connectivity index (χ1n) is 4.85. The third-order valence-corrected chi connectivity index (χ3v) is 3.35. The van der Waals surface area contributed by atoms with E-state index >= 15 is 0 Å². The van der Waals surface area contributed by atoms with Crippen LogP contribution < -0.4 is 11.1 Å². The summed E-state index contributed by atoms with van der Waals surface area (Å²) in [6.07, 6.45) is 1.69. The highest BCUT2D eigenvalue weighted by Gasteiger charge is 2.19. The van der Waals surface area contributed by atoms with E-state index < -0.39 is 0 Å². The van der Waals surface area contributed by atoms with Crippen LogP contribution in [-0.2, 0) is 0 Å². The van der Waals surface area contributed by atoms with Crippen LogP contribution in [0.4, 0.5) is 10.1 Å². The van der Waals surface area contributed by atoms with Crippen molar-refractivity contribution in [3.8, 4) is 0 Å². The molecule has 0 fully saturated rings. The molecule has 0 aromatic carbocycles. The van der Waals surface area contributed by atoms with Gasteiger partial charge in [-0.05, 0) is 11.3 Å². The van der Waals surface area contributed by atoms with E-state index in [9.17, 15) is 0 Å². The van der Waals surface area contributed by atoms with Crippen molar-refractivity contribution in [1.82, 2.24) is 4.98 Å². The molecule has 0 saturated heterocycles. The van der Waals surface area contributed by atoms with Crippen LogP contribution in [0.5, 0.6) is 0 Å². The molecule has 3 nitrogen and oxygen atoms in total. The van der Waals surface area contributed by atoms with Gasteiger partial charge in [-0.1, -0.05) is 39.0 Å². The predicted molar refractivity (Wildman–Crippen MR) is 63.6 cm³/mol. The molecule has 0 bridgehead atoms. The van der Waals surface area contributed by atoms with E-state index in [0.29, 0.717) is 11.3 Å². The second kappa shape index (κ2) is 4.17. The van der Waals surface area contributed by atoms with E-state index in [2.05, 4.69) is 38.0 Å². The number of nitrogens with two attached hydrogens (primary N) is 1. The summed E-state index contributed by atoms with van der Waals surface area (Å²) in [6, 6.07) is 0. The van der Waals surface area contributed by atoms with Crippen molar-refractivity contribution in [3.63, 3.8) is 0 Å². The van der Waals surface area contributed by atoms with Gasteiger partial charge in [0.15, 0.2) is 5.13 Å². The molecule has 1 unspecified atom stereocenters. The molecule has 4 heteroatoms. The summed E-state index contributed by atoms with van der Waals surface area (Å²) in [4.78, 5) is 4.15. The number of nitrogens with zero attached hydrogens (tertiary/aromatic N) is 1. The minimum absolute atomic E-state index is 0.329. The van der Waals surface area contributed by atoms with E-state index in [4.69, 9.17) is 5.73 Å². The largest absolute Gasteiger partial charge is 0.389 e. The fourth-order valence-electron chi connectivity index (χ4n) is 0.915. The minimum atomic E-state index is 0.329. The van der Waals surface area contributed by atoms with Crippen LogP contribution in [0.3, 0.4) is 0 Å². The third kappa shape index (κ3) is 3.18. The number of thiazole rings is 1. The lowest BCUT2D eigenvalue weighted by Crippen LogP contribution is -2.24. The van der Waals surface area contributed by atoms with E-state index in [1.807, 2.05) is 0 Å². The van der Waals surface area contributed by atoms with Crippen LogP contribution in [0.25, 0.3) is 0 Å². The fourth-order valence-corrected chi connectivity index (χ4v) is 1.50. The van der Waals surface area contributed by atoms with Gasteiger partial charge in [0, 0.05) is 6.54 Å². The van der Waals surface area contributed by atoms with Crippen LogP contribution in [0.15, 0.2) is 6.20 Å². The molecular weight excluding hydrogens is 194 g/mol. The van der Waals surface area contributed by atoms with Crippen LogP contribution in [0, 0.1) is 11.3 Å². The van der Waals surface area contributed by atoms with E-state index in [1.54, 1.807) is 6.20 Å². The normalized spacial score (nSPS) is 14.0. The van der Waals surface area contributed by atoms with Crippen molar-refractivity contribution in [3.05, 3.63) is 6.20 Å². The van der Waals surface area contributed by atoms with Gasteiger partial charge in [-0.3, -0.25) is 0 Å². The second-order valence-corrected chi connectivity index (χ2v) is 5.78. The molecule has 0 spiro atoms. The topological polar surface area (TPSA) is 50.9 Å². The molecule has 1 aromatic heterocycles. The monoisotopic (exact) mass is 213 g/mol. The van der Waals surface area contributed by atoms with Crippen molar-refractivity contribution >= 4 is 21.5 Å². The summed E-state index contributed by atoms with van der Waals surface area (Å²) in [7, 11) is 0. The molecule has 0 saturated carbocycles. The Balaban J connectivity index is 2.41. The maximum Gasteiger partial charge on any atom is 0.184 e. The minimum Gasteiger partial charge on any atom is -0.389 e. The highest BCUT2D eigenvalue weighted by Crippen LogP contribution is 2.26. The number of nitrogen functional groups attached to an aromatic ring is 1. The summed E-state index contributed by atoms with van der Waals surface area (Å²) in [5.41, 5.74) is 5.92. The number of nitrogens with one attached hydrogen (secondary N) is 1. The standard InChI is InChI=1S/C10H19N3S/c1-7(10(2,3)4)5-12-9-13-6-8(11)14-9/h6-7H,5,11H2,1-4H3,(H,12,13). The quantitative estimate of drug-likeness (QED) is 0.811. The average molecular weight is 213 g/mol. The van der Waals surface area contributed by atoms with Gasteiger partial charge in [0.05, 0.1) is 6.20 Å². The first-order valence-corrected chi connectivity index (χ1v) is 5.66. The maximum absolute atomic E-state index is 5.59. The lowest BCUT2D eigenvalue weighted by molar-refractivity contribution is 0.274. The molecule has 1 heterocycles. The van der Waals surface area contributed by atoms with E-state index in [1.165, 1.54) is 11.3 Å².